The number of amides is 1. The standard InChI is InChI=1S/C19H22FN3O2/c1-23(14-17-13-21-8-9-22-17)18(24)19(6-10-25-11-7-19)12-15-2-4-16(20)5-3-15/h2-5,8-9,13H,6-7,10-12,14H2,1H3. The Hall–Kier alpha value is -2.34. The molecular formula is C19H22FN3O2. The summed E-state index contributed by atoms with van der Waals surface area (Å²) in [5, 5.41) is 0. The molecule has 3 rings (SSSR count). The maximum Gasteiger partial charge on any atom is 0.229 e. The Labute approximate surface area is 146 Å². The first kappa shape index (κ1) is 17.5. The lowest BCUT2D eigenvalue weighted by molar-refractivity contribution is -0.147. The van der Waals surface area contributed by atoms with Crippen molar-refractivity contribution in [2.75, 3.05) is 20.3 Å². The van der Waals surface area contributed by atoms with Gasteiger partial charge in [-0.3, -0.25) is 14.8 Å². The third-order valence-corrected chi connectivity index (χ3v) is 4.72. The van der Waals surface area contributed by atoms with Crippen molar-refractivity contribution in [2.24, 2.45) is 5.41 Å². The monoisotopic (exact) mass is 343 g/mol. The average molecular weight is 343 g/mol. The van der Waals surface area contributed by atoms with Crippen LogP contribution in [-0.4, -0.2) is 41.0 Å². The van der Waals surface area contributed by atoms with Crippen LogP contribution >= 0.6 is 0 Å². The van der Waals surface area contributed by atoms with Crippen LogP contribution in [-0.2, 0) is 22.5 Å². The summed E-state index contributed by atoms with van der Waals surface area (Å²) in [6, 6.07) is 6.39. The molecule has 0 atom stereocenters. The van der Waals surface area contributed by atoms with E-state index in [1.807, 2.05) is 0 Å². The molecule has 0 unspecified atom stereocenters. The number of nitrogens with zero attached hydrogens (tertiary/aromatic N) is 3. The zero-order valence-electron chi connectivity index (χ0n) is 14.3. The van der Waals surface area contributed by atoms with Gasteiger partial charge in [0.15, 0.2) is 0 Å². The number of carbonyl (C=O) groups excluding carboxylic acids is 1. The molecule has 6 heteroatoms. The Bertz CT molecular complexity index is 700. The Morgan fingerprint density at radius 1 is 1.24 bits per heavy atom. The molecule has 0 spiro atoms. The lowest BCUT2D eigenvalue weighted by atomic mass is 9.74. The molecule has 1 fully saturated rings. The molecule has 0 saturated carbocycles. The van der Waals surface area contributed by atoms with E-state index in [-0.39, 0.29) is 11.7 Å². The largest absolute Gasteiger partial charge is 0.381 e. The normalized spacial score (nSPS) is 16.4. The van der Waals surface area contributed by atoms with Crippen LogP contribution in [0.4, 0.5) is 4.39 Å². The predicted molar refractivity (Wildman–Crippen MR) is 91.1 cm³/mol. The first-order chi connectivity index (χ1) is 12.1. The van der Waals surface area contributed by atoms with Crippen LogP contribution < -0.4 is 0 Å². The van der Waals surface area contributed by atoms with Gasteiger partial charge in [-0.15, -0.1) is 0 Å². The number of carbonyl (C=O) groups is 1. The fraction of sp³-hybridized carbons (Fsp3) is 0.421. The Kier molecular flexibility index (Phi) is 5.38. The highest BCUT2D eigenvalue weighted by molar-refractivity contribution is 5.83. The second-order valence-corrected chi connectivity index (χ2v) is 6.55. The topological polar surface area (TPSA) is 55.3 Å². The van der Waals surface area contributed by atoms with Gasteiger partial charge < -0.3 is 9.64 Å². The molecule has 1 aromatic carbocycles. The van der Waals surface area contributed by atoms with Crippen LogP contribution in [0.3, 0.4) is 0 Å². The number of rotatable bonds is 5. The highest BCUT2D eigenvalue weighted by Gasteiger charge is 2.41. The van der Waals surface area contributed by atoms with Gasteiger partial charge >= 0.3 is 0 Å². The van der Waals surface area contributed by atoms with Gasteiger partial charge in [0, 0.05) is 32.7 Å². The second kappa shape index (κ2) is 7.70. The van der Waals surface area contributed by atoms with Crippen molar-refractivity contribution >= 4 is 5.91 Å². The predicted octanol–water partition coefficient (Wildman–Crippen LogP) is 2.61. The minimum atomic E-state index is -0.521. The minimum Gasteiger partial charge on any atom is -0.381 e. The summed E-state index contributed by atoms with van der Waals surface area (Å²) in [6.45, 7) is 1.54. The fourth-order valence-electron chi connectivity index (χ4n) is 3.35. The van der Waals surface area contributed by atoms with E-state index < -0.39 is 5.41 Å². The smallest absolute Gasteiger partial charge is 0.229 e. The van der Waals surface area contributed by atoms with E-state index in [0.29, 0.717) is 39.0 Å². The number of aromatic nitrogens is 2. The van der Waals surface area contributed by atoms with Crippen LogP contribution in [0.2, 0.25) is 0 Å². The van der Waals surface area contributed by atoms with Gasteiger partial charge in [0.2, 0.25) is 5.91 Å². The van der Waals surface area contributed by atoms with Crippen molar-refractivity contribution in [2.45, 2.75) is 25.8 Å². The molecule has 1 aromatic heterocycles. The van der Waals surface area contributed by atoms with E-state index in [1.54, 1.807) is 42.7 Å². The SMILES string of the molecule is CN(Cc1cnccn1)C(=O)C1(Cc2ccc(F)cc2)CCOCC1. The molecule has 1 saturated heterocycles. The molecule has 1 aliphatic heterocycles. The molecule has 0 bridgehead atoms. The lowest BCUT2D eigenvalue weighted by Gasteiger charge is -2.38. The average Bonchev–Trinajstić information content (AvgIpc) is 2.64. The lowest BCUT2D eigenvalue weighted by Crippen LogP contribution is -2.46. The van der Waals surface area contributed by atoms with Gasteiger partial charge in [-0.05, 0) is 37.0 Å². The summed E-state index contributed by atoms with van der Waals surface area (Å²) in [6.07, 6.45) is 6.80. The van der Waals surface area contributed by atoms with Gasteiger partial charge in [-0.2, -0.15) is 0 Å². The van der Waals surface area contributed by atoms with Crippen molar-refractivity contribution in [3.8, 4) is 0 Å². The van der Waals surface area contributed by atoms with E-state index in [0.717, 1.165) is 11.3 Å². The molecule has 0 N–H and O–H groups in total. The molecule has 2 heterocycles. The van der Waals surface area contributed by atoms with Crippen LogP contribution in [0.5, 0.6) is 0 Å². The summed E-state index contributed by atoms with van der Waals surface area (Å²) < 4.78 is 18.7. The Balaban J connectivity index is 1.78. The fourth-order valence-corrected chi connectivity index (χ4v) is 3.35. The Morgan fingerprint density at radius 2 is 1.96 bits per heavy atom. The third kappa shape index (κ3) is 4.20. The molecule has 0 aliphatic carbocycles. The summed E-state index contributed by atoms with van der Waals surface area (Å²) in [4.78, 5) is 23.2. The number of hydrogen-bond donors (Lipinski definition) is 0. The molecule has 2 aromatic rings. The molecular weight excluding hydrogens is 321 g/mol. The summed E-state index contributed by atoms with van der Waals surface area (Å²) in [5.74, 6) is -0.193. The number of ether oxygens (including phenoxy) is 1. The minimum absolute atomic E-state index is 0.0748. The van der Waals surface area contributed by atoms with Crippen LogP contribution in [0.25, 0.3) is 0 Å². The molecule has 132 valence electrons. The molecule has 5 nitrogen and oxygen atoms in total. The van der Waals surface area contributed by atoms with Crippen molar-refractivity contribution < 1.29 is 13.9 Å². The van der Waals surface area contributed by atoms with E-state index in [4.69, 9.17) is 4.74 Å². The van der Waals surface area contributed by atoms with Crippen molar-refractivity contribution in [3.63, 3.8) is 0 Å². The molecule has 25 heavy (non-hydrogen) atoms. The van der Waals surface area contributed by atoms with Gasteiger partial charge in [-0.25, -0.2) is 4.39 Å². The van der Waals surface area contributed by atoms with E-state index in [9.17, 15) is 9.18 Å². The summed E-state index contributed by atoms with van der Waals surface area (Å²) in [5.41, 5.74) is 1.19. The second-order valence-electron chi connectivity index (χ2n) is 6.55. The summed E-state index contributed by atoms with van der Waals surface area (Å²) in [7, 11) is 1.79. The van der Waals surface area contributed by atoms with Gasteiger partial charge in [0.25, 0.3) is 0 Å². The van der Waals surface area contributed by atoms with E-state index in [2.05, 4.69) is 9.97 Å². The highest BCUT2D eigenvalue weighted by atomic mass is 19.1. The summed E-state index contributed by atoms with van der Waals surface area (Å²) >= 11 is 0. The zero-order valence-corrected chi connectivity index (χ0v) is 14.3. The number of benzene rings is 1. The third-order valence-electron chi connectivity index (χ3n) is 4.72. The van der Waals surface area contributed by atoms with Gasteiger partial charge in [0.05, 0.1) is 23.9 Å². The number of hydrogen-bond acceptors (Lipinski definition) is 4. The maximum atomic E-state index is 13.2. The first-order valence-electron chi connectivity index (χ1n) is 8.42. The zero-order chi connectivity index (χ0) is 17.7. The van der Waals surface area contributed by atoms with Crippen molar-refractivity contribution in [3.05, 3.63) is 59.9 Å². The highest BCUT2D eigenvalue weighted by Crippen LogP contribution is 2.36. The van der Waals surface area contributed by atoms with Gasteiger partial charge in [0.1, 0.15) is 5.82 Å². The van der Waals surface area contributed by atoms with Crippen LogP contribution in [0.15, 0.2) is 42.9 Å². The quantitative estimate of drug-likeness (QED) is 0.837. The molecule has 1 amide bonds. The van der Waals surface area contributed by atoms with Gasteiger partial charge in [-0.1, -0.05) is 12.1 Å². The number of halogens is 1. The first-order valence-corrected chi connectivity index (χ1v) is 8.42. The molecule has 0 radical (unpaired) electrons. The molecule has 1 aliphatic rings. The maximum absolute atomic E-state index is 13.2. The van der Waals surface area contributed by atoms with Crippen LogP contribution in [0.1, 0.15) is 24.1 Å². The van der Waals surface area contributed by atoms with Crippen molar-refractivity contribution in [1.29, 1.82) is 0 Å². The Morgan fingerprint density at radius 3 is 2.60 bits per heavy atom. The van der Waals surface area contributed by atoms with Crippen LogP contribution in [0, 0.1) is 11.2 Å². The van der Waals surface area contributed by atoms with E-state index in [1.165, 1.54) is 12.1 Å². The van der Waals surface area contributed by atoms with Crippen molar-refractivity contribution in [1.82, 2.24) is 14.9 Å². The van der Waals surface area contributed by atoms with E-state index >= 15 is 0 Å².